The topological polar surface area (TPSA) is 58.6 Å². The number of carboxylic acids is 1. The maximum Gasteiger partial charge on any atom is 0.325 e. The van der Waals surface area contributed by atoms with E-state index in [4.69, 9.17) is 9.84 Å². The van der Waals surface area contributed by atoms with Crippen LogP contribution in [0.2, 0.25) is 0 Å². The zero-order chi connectivity index (χ0) is 12.7. The molecule has 0 aliphatic carbocycles. The van der Waals surface area contributed by atoms with E-state index >= 15 is 0 Å². The van der Waals surface area contributed by atoms with Crippen LogP contribution in [0.4, 0.5) is 0 Å². The van der Waals surface area contributed by atoms with E-state index in [1.165, 1.54) is 0 Å². The molecule has 0 radical (unpaired) electrons. The molecule has 0 amide bonds. The van der Waals surface area contributed by atoms with Gasteiger partial charge < -0.3 is 9.84 Å². The molecule has 4 nitrogen and oxygen atoms in total. The van der Waals surface area contributed by atoms with Gasteiger partial charge in [-0.25, -0.2) is 0 Å². The Kier molecular flexibility index (Phi) is 5.23. The normalized spacial score (nSPS) is 11.8. The third-order valence-electron chi connectivity index (χ3n) is 2.24. The molecule has 0 saturated heterocycles. The minimum atomic E-state index is -0.906. The van der Waals surface area contributed by atoms with Gasteiger partial charge in [0.15, 0.2) is 0 Å². The van der Waals surface area contributed by atoms with Gasteiger partial charge >= 0.3 is 5.97 Å². The Labute approximate surface area is 101 Å². The Morgan fingerprint density at radius 1 is 1.53 bits per heavy atom. The maximum absolute atomic E-state index is 11.1. The third-order valence-corrected chi connectivity index (χ3v) is 2.24. The molecule has 0 bridgehead atoms. The Balaban J connectivity index is 2.79. The molecule has 92 valence electrons. The van der Waals surface area contributed by atoms with Crippen LogP contribution in [0.25, 0.3) is 0 Å². The second-order valence-electron chi connectivity index (χ2n) is 3.47. The van der Waals surface area contributed by atoms with Crippen LogP contribution in [0, 0.1) is 0 Å². The van der Waals surface area contributed by atoms with E-state index in [1.54, 1.807) is 30.3 Å². The van der Waals surface area contributed by atoms with E-state index in [0.717, 1.165) is 5.75 Å². The standard InChI is InChI=1S/C13H17NO3/c1-3-9-14-12(13(15)16)10-5-7-11(8-6-10)17-4-2/h3,5-8,12,14H,1,4,9H2,2H3,(H,15,16). The molecule has 0 aromatic heterocycles. The van der Waals surface area contributed by atoms with E-state index < -0.39 is 12.0 Å². The zero-order valence-electron chi connectivity index (χ0n) is 9.85. The van der Waals surface area contributed by atoms with Crippen LogP contribution in [0.15, 0.2) is 36.9 Å². The van der Waals surface area contributed by atoms with E-state index in [0.29, 0.717) is 18.7 Å². The molecule has 0 aliphatic rings. The number of rotatable bonds is 7. The Morgan fingerprint density at radius 3 is 2.65 bits per heavy atom. The smallest absolute Gasteiger partial charge is 0.325 e. The summed E-state index contributed by atoms with van der Waals surface area (Å²) < 4.78 is 5.30. The summed E-state index contributed by atoms with van der Waals surface area (Å²) in [5.41, 5.74) is 0.697. The van der Waals surface area contributed by atoms with Crippen LogP contribution in [0.1, 0.15) is 18.5 Å². The number of carbonyl (C=O) groups is 1. The number of aliphatic carboxylic acids is 1. The quantitative estimate of drug-likeness (QED) is 0.709. The van der Waals surface area contributed by atoms with Crippen molar-refractivity contribution in [3.63, 3.8) is 0 Å². The first-order valence-electron chi connectivity index (χ1n) is 5.49. The number of hydrogen-bond acceptors (Lipinski definition) is 3. The molecule has 0 fully saturated rings. The summed E-state index contributed by atoms with van der Waals surface area (Å²) in [5.74, 6) is -0.167. The van der Waals surface area contributed by atoms with Crippen molar-refractivity contribution in [3.8, 4) is 5.75 Å². The molecule has 4 heteroatoms. The van der Waals surface area contributed by atoms with Crippen LogP contribution in [0.3, 0.4) is 0 Å². The summed E-state index contributed by atoms with van der Waals surface area (Å²) in [6, 6.07) is 6.32. The van der Waals surface area contributed by atoms with Gasteiger partial charge in [-0.2, -0.15) is 0 Å². The number of benzene rings is 1. The monoisotopic (exact) mass is 235 g/mol. The fourth-order valence-electron chi connectivity index (χ4n) is 1.47. The molecule has 1 unspecified atom stereocenters. The van der Waals surface area contributed by atoms with Crippen LogP contribution in [0.5, 0.6) is 5.75 Å². The Bertz CT molecular complexity index is 373. The molecule has 2 N–H and O–H groups in total. The van der Waals surface area contributed by atoms with Crippen molar-refractivity contribution < 1.29 is 14.6 Å². The van der Waals surface area contributed by atoms with Crippen molar-refractivity contribution in [2.75, 3.05) is 13.2 Å². The molecule has 1 atom stereocenters. The molecule has 1 aromatic carbocycles. The summed E-state index contributed by atoms with van der Waals surface area (Å²) in [5, 5.41) is 12.0. The van der Waals surface area contributed by atoms with Crippen molar-refractivity contribution in [1.82, 2.24) is 5.32 Å². The summed E-state index contributed by atoms with van der Waals surface area (Å²) in [7, 11) is 0. The average molecular weight is 235 g/mol. The molecule has 1 rings (SSSR count). The highest BCUT2D eigenvalue weighted by Crippen LogP contribution is 2.18. The van der Waals surface area contributed by atoms with E-state index in [9.17, 15) is 4.79 Å². The summed E-state index contributed by atoms with van der Waals surface area (Å²) in [4.78, 5) is 11.1. The fraction of sp³-hybridized carbons (Fsp3) is 0.308. The second kappa shape index (κ2) is 6.70. The number of hydrogen-bond donors (Lipinski definition) is 2. The first-order valence-corrected chi connectivity index (χ1v) is 5.49. The Hall–Kier alpha value is -1.81. The summed E-state index contributed by atoms with van der Waals surface area (Å²) in [6.45, 7) is 6.49. The lowest BCUT2D eigenvalue weighted by atomic mass is 10.1. The van der Waals surface area contributed by atoms with Crippen LogP contribution in [-0.2, 0) is 4.79 Å². The Morgan fingerprint density at radius 2 is 2.18 bits per heavy atom. The van der Waals surface area contributed by atoms with Gasteiger partial charge in [-0.15, -0.1) is 6.58 Å². The van der Waals surface area contributed by atoms with Gasteiger partial charge in [0.2, 0.25) is 0 Å². The van der Waals surface area contributed by atoms with E-state index in [1.807, 2.05) is 6.92 Å². The fourth-order valence-corrected chi connectivity index (χ4v) is 1.47. The molecular weight excluding hydrogens is 218 g/mol. The van der Waals surface area contributed by atoms with Gasteiger partial charge in [0.05, 0.1) is 6.61 Å². The number of carboxylic acid groups (broad SMARTS) is 1. The van der Waals surface area contributed by atoms with Gasteiger partial charge in [0.25, 0.3) is 0 Å². The minimum Gasteiger partial charge on any atom is -0.494 e. The molecular formula is C13H17NO3. The molecule has 0 aliphatic heterocycles. The molecule has 1 aromatic rings. The highest BCUT2D eigenvalue weighted by molar-refractivity contribution is 5.75. The first kappa shape index (κ1) is 13.3. The largest absolute Gasteiger partial charge is 0.494 e. The van der Waals surface area contributed by atoms with Crippen molar-refractivity contribution in [3.05, 3.63) is 42.5 Å². The van der Waals surface area contributed by atoms with Crippen molar-refractivity contribution >= 4 is 5.97 Å². The van der Waals surface area contributed by atoms with Crippen molar-refractivity contribution in [2.45, 2.75) is 13.0 Å². The molecule has 17 heavy (non-hydrogen) atoms. The number of nitrogens with one attached hydrogen (secondary N) is 1. The lowest BCUT2D eigenvalue weighted by molar-refractivity contribution is -0.139. The van der Waals surface area contributed by atoms with E-state index in [2.05, 4.69) is 11.9 Å². The molecule has 0 spiro atoms. The predicted molar refractivity (Wildman–Crippen MR) is 66.2 cm³/mol. The van der Waals surface area contributed by atoms with Crippen LogP contribution >= 0.6 is 0 Å². The lowest BCUT2D eigenvalue weighted by Crippen LogP contribution is -2.28. The van der Waals surface area contributed by atoms with Gasteiger partial charge in [0.1, 0.15) is 11.8 Å². The third kappa shape index (κ3) is 3.92. The zero-order valence-corrected chi connectivity index (χ0v) is 9.85. The SMILES string of the molecule is C=CCNC(C(=O)O)c1ccc(OCC)cc1. The highest BCUT2D eigenvalue weighted by Gasteiger charge is 2.18. The summed E-state index contributed by atoms with van der Waals surface area (Å²) >= 11 is 0. The average Bonchev–Trinajstić information content (AvgIpc) is 2.31. The van der Waals surface area contributed by atoms with Crippen LogP contribution in [-0.4, -0.2) is 24.2 Å². The van der Waals surface area contributed by atoms with E-state index in [-0.39, 0.29) is 0 Å². The van der Waals surface area contributed by atoms with Crippen molar-refractivity contribution in [1.29, 1.82) is 0 Å². The second-order valence-corrected chi connectivity index (χ2v) is 3.47. The minimum absolute atomic E-state index is 0.449. The predicted octanol–water partition coefficient (Wildman–Crippen LogP) is 1.99. The maximum atomic E-state index is 11.1. The summed E-state index contributed by atoms with van der Waals surface area (Å²) in [6.07, 6.45) is 1.63. The first-order chi connectivity index (χ1) is 8.19. The lowest BCUT2D eigenvalue weighted by Gasteiger charge is -2.14. The van der Waals surface area contributed by atoms with Gasteiger partial charge in [-0.3, -0.25) is 10.1 Å². The van der Waals surface area contributed by atoms with Crippen molar-refractivity contribution in [2.24, 2.45) is 0 Å². The highest BCUT2D eigenvalue weighted by atomic mass is 16.5. The number of ether oxygens (including phenoxy) is 1. The van der Waals surface area contributed by atoms with Gasteiger partial charge in [-0.05, 0) is 24.6 Å². The van der Waals surface area contributed by atoms with Crippen LogP contribution < -0.4 is 10.1 Å². The molecule has 0 saturated carbocycles. The molecule has 0 heterocycles. The van der Waals surface area contributed by atoms with Gasteiger partial charge in [0, 0.05) is 6.54 Å². The van der Waals surface area contributed by atoms with Gasteiger partial charge in [-0.1, -0.05) is 18.2 Å².